The number of hydrogen-bond donors (Lipinski definition) is 2. The molecule has 0 atom stereocenters. The summed E-state index contributed by atoms with van der Waals surface area (Å²) >= 11 is 0. The fraction of sp³-hybridized carbons (Fsp3) is 0.636. The van der Waals surface area contributed by atoms with Gasteiger partial charge in [0.25, 0.3) is 0 Å². The van der Waals surface area contributed by atoms with E-state index < -0.39 is 0 Å². The molecular weight excluding hydrogens is 188 g/mol. The van der Waals surface area contributed by atoms with Gasteiger partial charge in [-0.15, -0.1) is 5.10 Å². The summed E-state index contributed by atoms with van der Waals surface area (Å²) in [6.45, 7) is 5.91. The van der Waals surface area contributed by atoms with Crippen LogP contribution in [0.15, 0.2) is 18.3 Å². The van der Waals surface area contributed by atoms with E-state index in [0.717, 1.165) is 25.2 Å². The van der Waals surface area contributed by atoms with Crippen LogP contribution in [0.3, 0.4) is 0 Å². The fourth-order valence-electron chi connectivity index (χ4n) is 1.53. The smallest absolute Gasteiger partial charge is 0.148 e. The van der Waals surface area contributed by atoms with Crippen LogP contribution >= 0.6 is 0 Å². The molecule has 84 valence electrons. The van der Waals surface area contributed by atoms with E-state index in [1.165, 1.54) is 0 Å². The van der Waals surface area contributed by atoms with Gasteiger partial charge in [-0.1, -0.05) is 13.8 Å². The average molecular weight is 208 g/mol. The second-order valence-electron chi connectivity index (χ2n) is 3.87. The van der Waals surface area contributed by atoms with E-state index in [4.69, 9.17) is 5.73 Å². The first-order chi connectivity index (χ1) is 7.26. The summed E-state index contributed by atoms with van der Waals surface area (Å²) in [5.74, 6) is 0.817. The number of hydrogen-bond acceptors (Lipinski definition) is 4. The molecule has 0 aliphatic heterocycles. The normalized spacial score (nSPS) is 11.4. The highest BCUT2D eigenvalue weighted by Gasteiger charge is 2.23. The van der Waals surface area contributed by atoms with Crippen molar-refractivity contribution in [1.29, 1.82) is 0 Å². The number of nitrogens with two attached hydrogens (primary N) is 1. The van der Waals surface area contributed by atoms with Crippen molar-refractivity contribution >= 4 is 5.82 Å². The molecule has 0 radical (unpaired) electrons. The van der Waals surface area contributed by atoms with Crippen molar-refractivity contribution in [2.75, 3.05) is 18.4 Å². The monoisotopic (exact) mass is 208 g/mol. The molecule has 3 N–H and O–H groups in total. The van der Waals surface area contributed by atoms with E-state index in [9.17, 15) is 0 Å². The maximum absolute atomic E-state index is 5.82. The largest absolute Gasteiger partial charge is 0.368 e. The summed E-state index contributed by atoms with van der Waals surface area (Å²) in [7, 11) is 0. The van der Waals surface area contributed by atoms with E-state index in [1.54, 1.807) is 6.20 Å². The summed E-state index contributed by atoms with van der Waals surface area (Å²) in [6, 6.07) is 3.79. The molecule has 1 aromatic rings. The Labute approximate surface area is 91.3 Å². The molecule has 1 heterocycles. The first-order valence-electron chi connectivity index (χ1n) is 5.48. The van der Waals surface area contributed by atoms with Crippen LogP contribution in [0.2, 0.25) is 0 Å². The number of nitrogens with one attached hydrogen (secondary N) is 1. The third-order valence-corrected chi connectivity index (χ3v) is 3.15. The molecule has 0 fully saturated rings. The van der Waals surface area contributed by atoms with Gasteiger partial charge in [0.2, 0.25) is 0 Å². The lowest BCUT2D eigenvalue weighted by Crippen LogP contribution is -2.36. The van der Waals surface area contributed by atoms with Gasteiger partial charge in [-0.25, -0.2) is 0 Å². The van der Waals surface area contributed by atoms with Crippen molar-refractivity contribution in [3.8, 4) is 0 Å². The Bertz CT molecular complexity index is 261. The number of aromatic nitrogens is 2. The van der Waals surface area contributed by atoms with Crippen molar-refractivity contribution in [1.82, 2.24) is 10.2 Å². The van der Waals surface area contributed by atoms with Crippen LogP contribution in [0.5, 0.6) is 0 Å². The molecule has 1 rings (SSSR count). The van der Waals surface area contributed by atoms with Crippen LogP contribution < -0.4 is 11.1 Å². The third-order valence-electron chi connectivity index (χ3n) is 3.15. The van der Waals surface area contributed by atoms with Crippen molar-refractivity contribution in [3.63, 3.8) is 0 Å². The summed E-state index contributed by atoms with van der Waals surface area (Å²) in [6.07, 6.45) is 3.82. The van der Waals surface area contributed by atoms with Gasteiger partial charge >= 0.3 is 0 Å². The summed E-state index contributed by atoms with van der Waals surface area (Å²) < 4.78 is 0. The molecule has 0 aliphatic carbocycles. The minimum Gasteiger partial charge on any atom is -0.368 e. The molecule has 15 heavy (non-hydrogen) atoms. The highest BCUT2D eigenvalue weighted by Crippen LogP contribution is 2.24. The predicted molar refractivity (Wildman–Crippen MR) is 62.6 cm³/mol. The molecule has 0 spiro atoms. The highest BCUT2D eigenvalue weighted by atomic mass is 15.2. The zero-order valence-electron chi connectivity index (χ0n) is 9.53. The van der Waals surface area contributed by atoms with Crippen molar-refractivity contribution in [3.05, 3.63) is 18.3 Å². The fourth-order valence-corrected chi connectivity index (χ4v) is 1.53. The predicted octanol–water partition coefficient (Wildman–Crippen LogP) is 1.65. The Morgan fingerprint density at radius 3 is 2.60 bits per heavy atom. The Balaban J connectivity index is 2.54. The number of rotatable bonds is 6. The van der Waals surface area contributed by atoms with Gasteiger partial charge in [0.15, 0.2) is 0 Å². The Kier molecular flexibility index (Phi) is 4.49. The molecule has 4 heteroatoms. The maximum Gasteiger partial charge on any atom is 0.148 e. The van der Waals surface area contributed by atoms with Gasteiger partial charge in [0.05, 0.1) is 0 Å². The van der Waals surface area contributed by atoms with Gasteiger partial charge in [-0.3, -0.25) is 0 Å². The molecule has 4 nitrogen and oxygen atoms in total. The van der Waals surface area contributed by atoms with E-state index in [1.807, 2.05) is 12.1 Å². The van der Waals surface area contributed by atoms with Gasteiger partial charge in [-0.2, -0.15) is 5.10 Å². The lowest BCUT2D eigenvalue weighted by Gasteiger charge is -2.30. The minimum atomic E-state index is 0.178. The average Bonchev–Trinajstić information content (AvgIpc) is 2.33. The highest BCUT2D eigenvalue weighted by molar-refractivity contribution is 5.31. The van der Waals surface area contributed by atoms with Crippen LogP contribution in [0.4, 0.5) is 5.82 Å². The lowest BCUT2D eigenvalue weighted by molar-refractivity contribution is 0.294. The van der Waals surface area contributed by atoms with E-state index >= 15 is 0 Å². The summed E-state index contributed by atoms with van der Waals surface area (Å²) in [5.41, 5.74) is 6.00. The van der Waals surface area contributed by atoms with Crippen LogP contribution in [-0.4, -0.2) is 23.3 Å². The SMILES string of the molecule is CCC(CC)(CN)CNc1cccnn1. The lowest BCUT2D eigenvalue weighted by atomic mass is 9.82. The van der Waals surface area contributed by atoms with Crippen molar-refractivity contribution < 1.29 is 0 Å². The molecule has 1 aromatic heterocycles. The number of nitrogens with zero attached hydrogens (tertiary/aromatic N) is 2. The summed E-state index contributed by atoms with van der Waals surface area (Å²) in [4.78, 5) is 0. The van der Waals surface area contributed by atoms with Crippen molar-refractivity contribution in [2.45, 2.75) is 26.7 Å². The van der Waals surface area contributed by atoms with Gasteiger partial charge in [0.1, 0.15) is 5.82 Å². The molecule has 0 bridgehead atoms. The third kappa shape index (κ3) is 3.16. The van der Waals surface area contributed by atoms with Crippen LogP contribution in [0.1, 0.15) is 26.7 Å². The first kappa shape index (κ1) is 11.9. The van der Waals surface area contributed by atoms with E-state index in [2.05, 4.69) is 29.4 Å². The van der Waals surface area contributed by atoms with Crippen LogP contribution in [0.25, 0.3) is 0 Å². The van der Waals surface area contributed by atoms with Crippen LogP contribution in [0, 0.1) is 5.41 Å². The second kappa shape index (κ2) is 5.66. The molecule has 0 unspecified atom stereocenters. The Morgan fingerprint density at radius 2 is 2.13 bits per heavy atom. The Hall–Kier alpha value is -1.16. The first-order valence-corrected chi connectivity index (χ1v) is 5.48. The standard InChI is InChI=1S/C11H20N4/c1-3-11(4-2,8-12)9-13-10-6-5-7-14-15-10/h5-7H,3-4,8-9,12H2,1-2H3,(H,13,15). The quantitative estimate of drug-likeness (QED) is 0.746. The topological polar surface area (TPSA) is 63.8 Å². The van der Waals surface area contributed by atoms with E-state index in [0.29, 0.717) is 6.54 Å². The zero-order chi connectivity index (χ0) is 11.1. The molecule has 0 amide bonds. The number of anilines is 1. The molecule has 0 aliphatic rings. The zero-order valence-corrected chi connectivity index (χ0v) is 9.53. The summed E-state index contributed by atoms with van der Waals surface area (Å²) in [5, 5.41) is 11.1. The van der Waals surface area contributed by atoms with E-state index in [-0.39, 0.29) is 5.41 Å². The maximum atomic E-state index is 5.82. The van der Waals surface area contributed by atoms with Gasteiger partial charge in [0, 0.05) is 12.7 Å². The molecular formula is C11H20N4. The van der Waals surface area contributed by atoms with Gasteiger partial charge in [-0.05, 0) is 36.9 Å². The Morgan fingerprint density at radius 1 is 1.40 bits per heavy atom. The minimum absolute atomic E-state index is 0.178. The second-order valence-corrected chi connectivity index (χ2v) is 3.87. The van der Waals surface area contributed by atoms with Crippen LogP contribution in [-0.2, 0) is 0 Å². The van der Waals surface area contributed by atoms with Gasteiger partial charge < -0.3 is 11.1 Å². The molecule has 0 aromatic carbocycles. The van der Waals surface area contributed by atoms with Crippen molar-refractivity contribution in [2.24, 2.45) is 11.1 Å². The molecule has 0 saturated heterocycles. The molecule has 0 saturated carbocycles.